The van der Waals surface area contributed by atoms with Gasteiger partial charge < -0.3 is 5.32 Å². The highest BCUT2D eigenvalue weighted by Gasteiger charge is 2.18. The van der Waals surface area contributed by atoms with Crippen molar-refractivity contribution in [3.63, 3.8) is 0 Å². The zero-order chi connectivity index (χ0) is 19.2. The summed E-state index contributed by atoms with van der Waals surface area (Å²) in [5.41, 5.74) is 3.95. The monoisotopic (exact) mass is 379 g/mol. The minimum atomic E-state index is -0.0402. The van der Waals surface area contributed by atoms with E-state index >= 15 is 0 Å². The molecule has 0 aliphatic heterocycles. The lowest BCUT2D eigenvalue weighted by atomic mass is 9.88. The molecule has 138 valence electrons. The summed E-state index contributed by atoms with van der Waals surface area (Å²) >= 11 is 6.02. The number of halogens is 1. The zero-order valence-corrected chi connectivity index (χ0v) is 16.2. The Morgan fingerprint density at radius 2 is 1.56 bits per heavy atom. The Kier molecular flexibility index (Phi) is 6.20. The van der Waals surface area contributed by atoms with Gasteiger partial charge in [-0.2, -0.15) is 0 Å². The summed E-state index contributed by atoms with van der Waals surface area (Å²) < 4.78 is 0. The molecule has 1 N–H and O–H groups in total. The maximum Gasteiger partial charge on any atom is 0.221 e. The molecule has 0 saturated heterocycles. The predicted molar refractivity (Wildman–Crippen MR) is 108 cm³/mol. The summed E-state index contributed by atoms with van der Waals surface area (Å²) in [6.07, 6.45) is 0.344. The van der Waals surface area contributed by atoms with Crippen molar-refractivity contribution in [2.24, 2.45) is 0 Å². The van der Waals surface area contributed by atoms with Crippen molar-refractivity contribution < 1.29 is 4.79 Å². The van der Waals surface area contributed by atoms with Crippen molar-refractivity contribution in [2.45, 2.75) is 32.7 Å². The molecule has 0 unspecified atom stereocenters. The Bertz CT molecular complexity index is 890. The van der Waals surface area contributed by atoms with E-state index in [1.54, 1.807) is 0 Å². The maximum absolute atomic E-state index is 12.6. The fourth-order valence-electron chi connectivity index (χ4n) is 3.12. The summed E-state index contributed by atoms with van der Waals surface area (Å²) in [7, 11) is 0. The smallest absolute Gasteiger partial charge is 0.221 e. The van der Waals surface area contributed by atoms with E-state index < -0.39 is 0 Å². The molecular formula is C22H22ClN3O. The highest BCUT2D eigenvalue weighted by molar-refractivity contribution is 6.30. The molecule has 3 aromatic rings. The highest BCUT2D eigenvalue weighted by Crippen LogP contribution is 2.28. The van der Waals surface area contributed by atoms with E-state index in [9.17, 15) is 4.79 Å². The van der Waals surface area contributed by atoms with Gasteiger partial charge in [0.1, 0.15) is 5.82 Å². The molecule has 1 aromatic heterocycles. The first-order chi connectivity index (χ1) is 13.0. The molecule has 0 aliphatic carbocycles. The van der Waals surface area contributed by atoms with Gasteiger partial charge in [0.15, 0.2) is 0 Å². The first kappa shape index (κ1) is 19.1. The van der Waals surface area contributed by atoms with Crippen LogP contribution in [0.15, 0.2) is 60.7 Å². The van der Waals surface area contributed by atoms with Gasteiger partial charge in [-0.25, -0.2) is 9.97 Å². The third kappa shape index (κ3) is 5.38. The Balaban J connectivity index is 1.73. The van der Waals surface area contributed by atoms with Crippen LogP contribution >= 0.6 is 11.6 Å². The maximum atomic E-state index is 12.6. The SMILES string of the molecule is Cc1cc(C)nc(CNC(=O)C[C@H](c2ccccc2)c2ccc(Cl)cc2)n1. The largest absolute Gasteiger partial charge is 0.349 e. The number of hydrogen-bond donors (Lipinski definition) is 1. The average Bonchev–Trinajstić information content (AvgIpc) is 2.65. The van der Waals surface area contributed by atoms with Gasteiger partial charge >= 0.3 is 0 Å². The van der Waals surface area contributed by atoms with Crippen molar-refractivity contribution in [3.8, 4) is 0 Å². The Labute approximate surface area is 164 Å². The summed E-state index contributed by atoms with van der Waals surface area (Å²) in [5.74, 6) is 0.550. The normalized spacial score (nSPS) is 11.8. The second kappa shape index (κ2) is 8.78. The third-order valence-corrected chi connectivity index (χ3v) is 4.59. The summed E-state index contributed by atoms with van der Waals surface area (Å²) in [6.45, 7) is 4.17. The van der Waals surface area contributed by atoms with Crippen LogP contribution in [-0.2, 0) is 11.3 Å². The van der Waals surface area contributed by atoms with Crippen LogP contribution in [-0.4, -0.2) is 15.9 Å². The van der Waals surface area contributed by atoms with Gasteiger partial charge in [0, 0.05) is 28.7 Å². The average molecular weight is 380 g/mol. The number of hydrogen-bond acceptors (Lipinski definition) is 3. The van der Waals surface area contributed by atoms with E-state index in [2.05, 4.69) is 15.3 Å². The van der Waals surface area contributed by atoms with Crippen molar-refractivity contribution in [1.82, 2.24) is 15.3 Å². The number of nitrogens with zero attached hydrogens (tertiary/aromatic N) is 2. The van der Waals surface area contributed by atoms with Gasteiger partial charge in [0.2, 0.25) is 5.91 Å². The second-order valence-corrected chi connectivity index (χ2v) is 7.00. The summed E-state index contributed by atoms with van der Waals surface area (Å²) in [4.78, 5) is 21.4. The van der Waals surface area contributed by atoms with Crippen LogP contribution in [0.1, 0.15) is 40.7 Å². The molecule has 3 rings (SSSR count). The van der Waals surface area contributed by atoms with Gasteiger partial charge in [-0.05, 0) is 43.2 Å². The van der Waals surface area contributed by atoms with Crippen molar-refractivity contribution in [1.29, 1.82) is 0 Å². The van der Waals surface area contributed by atoms with Crippen molar-refractivity contribution >= 4 is 17.5 Å². The molecule has 5 heteroatoms. The molecule has 0 aliphatic rings. The molecule has 4 nitrogen and oxygen atoms in total. The minimum Gasteiger partial charge on any atom is -0.349 e. The molecule has 0 fully saturated rings. The standard InChI is InChI=1S/C22H22ClN3O/c1-15-12-16(2)26-21(25-15)14-24-22(27)13-20(17-6-4-3-5-7-17)18-8-10-19(23)11-9-18/h3-12,20H,13-14H2,1-2H3,(H,24,27)/t20-/m1/s1. The van der Waals surface area contributed by atoms with E-state index in [1.165, 1.54) is 0 Å². The third-order valence-electron chi connectivity index (χ3n) is 4.34. The van der Waals surface area contributed by atoms with Crippen LogP contribution in [0.25, 0.3) is 0 Å². The van der Waals surface area contributed by atoms with Crippen molar-refractivity contribution in [3.05, 3.63) is 94.0 Å². The molecule has 2 aromatic carbocycles. The number of rotatable bonds is 6. The molecule has 0 spiro atoms. The van der Waals surface area contributed by atoms with Gasteiger partial charge in [-0.1, -0.05) is 54.1 Å². The molecule has 0 saturated carbocycles. The molecule has 1 heterocycles. The van der Waals surface area contributed by atoms with E-state index in [0.29, 0.717) is 23.8 Å². The van der Waals surface area contributed by atoms with E-state index in [4.69, 9.17) is 11.6 Å². The number of carbonyl (C=O) groups is 1. The van der Waals surface area contributed by atoms with Gasteiger partial charge in [0.25, 0.3) is 0 Å². The predicted octanol–water partition coefficient (Wildman–Crippen LogP) is 4.59. The Morgan fingerprint density at radius 3 is 2.19 bits per heavy atom. The lowest BCUT2D eigenvalue weighted by molar-refractivity contribution is -0.121. The second-order valence-electron chi connectivity index (χ2n) is 6.56. The molecule has 0 radical (unpaired) electrons. The number of carbonyl (C=O) groups excluding carboxylic acids is 1. The fourth-order valence-corrected chi connectivity index (χ4v) is 3.25. The van der Waals surface area contributed by atoms with Gasteiger partial charge in [-0.3, -0.25) is 4.79 Å². The molecule has 1 amide bonds. The highest BCUT2D eigenvalue weighted by atomic mass is 35.5. The van der Waals surface area contributed by atoms with Crippen LogP contribution < -0.4 is 5.32 Å². The van der Waals surface area contributed by atoms with E-state index in [-0.39, 0.29) is 11.8 Å². The molecule has 27 heavy (non-hydrogen) atoms. The van der Waals surface area contributed by atoms with E-state index in [1.807, 2.05) is 74.5 Å². The van der Waals surface area contributed by atoms with Crippen LogP contribution in [0.3, 0.4) is 0 Å². The lowest BCUT2D eigenvalue weighted by Crippen LogP contribution is -2.26. The van der Waals surface area contributed by atoms with Crippen LogP contribution in [0, 0.1) is 13.8 Å². The number of nitrogens with one attached hydrogen (secondary N) is 1. The zero-order valence-electron chi connectivity index (χ0n) is 15.4. The summed E-state index contributed by atoms with van der Waals surface area (Å²) in [5, 5.41) is 3.63. The number of aryl methyl sites for hydroxylation is 2. The fraction of sp³-hybridized carbons (Fsp3) is 0.227. The summed E-state index contributed by atoms with van der Waals surface area (Å²) in [6, 6.07) is 19.6. The minimum absolute atomic E-state index is 0.0383. The van der Waals surface area contributed by atoms with Gasteiger partial charge in [-0.15, -0.1) is 0 Å². The van der Waals surface area contributed by atoms with Crippen LogP contribution in [0.2, 0.25) is 5.02 Å². The molecule has 0 bridgehead atoms. The van der Waals surface area contributed by atoms with Crippen LogP contribution in [0.4, 0.5) is 0 Å². The lowest BCUT2D eigenvalue weighted by Gasteiger charge is -2.18. The first-order valence-electron chi connectivity index (χ1n) is 8.89. The number of aromatic nitrogens is 2. The first-order valence-corrected chi connectivity index (χ1v) is 9.27. The Morgan fingerprint density at radius 1 is 0.963 bits per heavy atom. The topological polar surface area (TPSA) is 54.9 Å². The molecular weight excluding hydrogens is 358 g/mol. The Hall–Kier alpha value is -2.72. The van der Waals surface area contributed by atoms with E-state index in [0.717, 1.165) is 22.5 Å². The quantitative estimate of drug-likeness (QED) is 0.681. The van der Waals surface area contributed by atoms with Crippen LogP contribution in [0.5, 0.6) is 0 Å². The van der Waals surface area contributed by atoms with Gasteiger partial charge in [0.05, 0.1) is 6.54 Å². The number of benzene rings is 2. The number of amides is 1. The molecule has 1 atom stereocenters. The van der Waals surface area contributed by atoms with Crippen molar-refractivity contribution in [2.75, 3.05) is 0 Å².